The average Bonchev–Trinajstić information content (AvgIpc) is 3.04. The Hall–Kier alpha value is -4.16. The van der Waals surface area contributed by atoms with Crippen molar-refractivity contribution in [1.82, 2.24) is 19.7 Å². The molecule has 0 unspecified atom stereocenters. The van der Waals surface area contributed by atoms with Gasteiger partial charge in [0.05, 0.1) is 12.0 Å². The van der Waals surface area contributed by atoms with Gasteiger partial charge in [-0.25, -0.2) is 13.1 Å². The van der Waals surface area contributed by atoms with Gasteiger partial charge >= 0.3 is 0 Å². The molecule has 0 atom stereocenters. The van der Waals surface area contributed by atoms with Crippen molar-refractivity contribution >= 4 is 44.3 Å². The lowest BCUT2D eigenvalue weighted by atomic mass is 10.1. The number of rotatable bonds is 19. The summed E-state index contributed by atoms with van der Waals surface area (Å²) in [6, 6.07) is 19.0. The van der Waals surface area contributed by atoms with E-state index in [9.17, 15) is 8.42 Å². The summed E-state index contributed by atoms with van der Waals surface area (Å²) in [7, 11) is 1.93. The molecule has 0 amide bonds. The van der Waals surface area contributed by atoms with Crippen LogP contribution in [0.1, 0.15) is 51.5 Å². The fraction of sp³-hybridized carbons (Fsp3) is 0.441. The van der Waals surface area contributed by atoms with Crippen molar-refractivity contribution in [1.29, 1.82) is 0 Å². The SMILES string of the molecule is COc1cccc(CNc2nc(NCCCCCCNS(=O)(=O)c3cccc4c(N(C)C)cccc34)nc(NCCC(C)C)n2)c1. The fourth-order valence-electron chi connectivity index (χ4n) is 5.03. The first-order valence-corrected chi connectivity index (χ1v) is 17.4. The number of benzene rings is 3. The van der Waals surface area contributed by atoms with Gasteiger partial charge in [-0.15, -0.1) is 0 Å². The first-order chi connectivity index (χ1) is 22.2. The molecular weight excluding hydrogens is 600 g/mol. The summed E-state index contributed by atoms with van der Waals surface area (Å²) in [4.78, 5) is 16.0. The van der Waals surface area contributed by atoms with Crippen LogP contribution >= 0.6 is 0 Å². The summed E-state index contributed by atoms with van der Waals surface area (Å²) in [6.45, 7) is 6.78. The Morgan fingerprint density at radius 2 is 1.39 bits per heavy atom. The molecule has 4 rings (SSSR count). The topological polar surface area (TPSA) is 133 Å². The van der Waals surface area contributed by atoms with Gasteiger partial charge in [-0.2, -0.15) is 15.0 Å². The Balaban J connectivity index is 1.25. The molecule has 11 nitrogen and oxygen atoms in total. The molecule has 0 spiro atoms. The van der Waals surface area contributed by atoms with E-state index in [0.29, 0.717) is 48.3 Å². The standard InChI is InChI=1S/C34H48N8O3S/c1-25(2)19-22-36-33-39-32(40-34(41-33)37-24-26-13-10-14-27(23-26)45-5)35-20-8-6-7-9-21-38-46(43,44)31-18-12-15-28-29(31)16-11-17-30(28)42(3)4/h10-18,23,25,38H,6-9,19-22,24H2,1-5H3,(H3,35,36,37,39,40,41). The minimum absolute atomic E-state index is 0.311. The number of hydrogen-bond acceptors (Lipinski definition) is 10. The third kappa shape index (κ3) is 10.2. The Kier molecular flexibility index (Phi) is 12.8. The zero-order valence-electron chi connectivity index (χ0n) is 27.6. The van der Waals surface area contributed by atoms with Gasteiger partial charge in [0.25, 0.3) is 0 Å². The number of ether oxygens (including phenoxy) is 1. The molecule has 4 aromatic rings. The largest absolute Gasteiger partial charge is 0.497 e. The second-order valence-electron chi connectivity index (χ2n) is 11.9. The van der Waals surface area contributed by atoms with E-state index in [2.05, 4.69) is 49.5 Å². The van der Waals surface area contributed by atoms with Crippen LogP contribution in [0.2, 0.25) is 0 Å². The number of anilines is 4. The highest BCUT2D eigenvalue weighted by molar-refractivity contribution is 7.89. The molecule has 0 saturated heterocycles. The van der Waals surface area contributed by atoms with Crippen LogP contribution in [0.5, 0.6) is 5.75 Å². The normalized spacial score (nSPS) is 11.5. The minimum Gasteiger partial charge on any atom is -0.497 e. The molecule has 0 aliphatic rings. The molecule has 46 heavy (non-hydrogen) atoms. The highest BCUT2D eigenvalue weighted by Crippen LogP contribution is 2.30. The van der Waals surface area contributed by atoms with Gasteiger partial charge in [0.15, 0.2) is 0 Å². The second kappa shape index (κ2) is 17.0. The summed E-state index contributed by atoms with van der Waals surface area (Å²) < 4.78 is 34.4. The van der Waals surface area contributed by atoms with Crippen LogP contribution in [0.4, 0.5) is 23.5 Å². The summed E-state index contributed by atoms with van der Waals surface area (Å²) in [6.07, 6.45) is 4.51. The van der Waals surface area contributed by atoms with Crippen LogP contribution in [-0.2, 0) is 16.6 Å². The molecule has 12 heteroatoms. The van der Waals surface area contributed by atoms with Gasteiger partial charge in [-0.1, -0.05) is 63.1 Å². The van der Waals surface area contributed by atoms with Crippen molar-refractivity contribution < 1.29 is 13.2 Å². The first-order valence-electron chi connectivity index (χ1n) is 16.0. The third-order valence-electron chi connectivity index (χ3n) is 7.53. The first kappa shape index (κ1) is 34.7. The molecule has 0 radical (unpaired) electrons. The number of unbranched alkanes of at least 4 members (excludes halogenated alkanes) is 3. The Bertz CT molecular complexity index is 1660. The summed E-state index contributed by atoms with van der Waals surface area (Å²) >= 11 is 0. The molecule has 0 saturated carbocycles. The van der Waals surface area contributed by atoms with E-state index in [0.717, 1.165) is 66.4 Å². The predicted molar refractivity (Wildman–Crippen MR) is 189 cm³/mol. The van der Waals surface area contributed by atoms with Crippen molar-refractivity contribution in [3.63, 3.8) is 0 Å². The molecule has 3 aromatic carbocycles. The summed E-state index contributed by atoms with van der Waals surface area (Å²) in [5.41, 5.74) is 2.04. The lowest BCUT2D eigenvalue weighted by molar-refractivity contribution is 0.414. The molecular formula is C34H48N8O3S. The fourth-order valence-corrected chi connectivity index (χ4v) is 6.32. The van der Waals surface area contributed by atoms with Crippen molar-refractivity contribution in [2.24, 2.45) is 5.92 Å². The highest BCUT2D eigenvalue weighted by atomic mass is 32.2. The van der Waals surface area contributed by atoms with E-state index < -0.39 is 10.0 Å². The summed E-state index contributed by atoms with van der Waals surface area (Å²) in [5.74, 6) is 2.90. The molecule has 0 bridgehead atoms. The lowest BCUT2D eigenvalue weighted by Gasteiger charge is -2.17. The number of nitrogens with one attached hydrogen (secondary N) is 4. The number of hydrogen-bond donors (Lipinski definition) is 4. The van der Waals surface area contributed by atoms with Gasteiger partial charge < -0.3 is 25.6 Å². The maximum Gasteiger partial charge on any atom is 0.241 e. The number of sulfonamides is 1. The van der Waals surface area contributed by atoms with Gasteiger partial charge in [-0.3, -0.25) is 0 Å². The molecule has 0 fully saturated rings. The number of methoxy groups -OCH3 is 1. The maximum absolute atomic E-state index is 13.2. The number of fused-ring (bicyclic) bond motifs is 1. The Labute approximate surface area is 273 Å². The summed E-state index contributed by atoms with van der Waals surface area (Å²) in [5, 5.41) is 11.6. The minimum atomic E-state index is -3.63. The Morgan fingerprint density at radius 1 is 0.761 bits per heavy atom. The molecule has 0 aliphatic heterocycles. The number of nitrogens with zero attached hydrogens (tertiary/aromatic N) is 4. The van der Waals surface area contributed by atoms with E-state index in [1.807, 2.05) is 67.5 Å². The van der Waals surface area contributed by atoms with Crippen LogP contribution < -0.4 is 30.3 Å². The van der Waals surface area contributed by atoms with Crippen LogP contribution in [-0.4, -0.2) is 64.2 Å². The lowest BCUT2D eigenvalue weighted by Crippen LogP contribution is -2.25. The van der Waals surface area contributed by atoms with Crippen molar-refractivity contribution in [2.75, 3.05) is 61.7 Å². The predicted octanol–water partition coefficient (Wildman–Crippen LogP) is 6.12. The Morgan fingerprint density at radius 3 is 2.09 bits per heavy atom. The quantitative estimate of drug-likeness (QED) is 0.0882. The molecule has 4 N–H and O–H groups in total. The van der Waals surface area contributed by atoms with Gasteiger partial charge in [-0.05, 0) is 55.0 Å². The van der Waals surface area contributed by atoms with Gasteiger partial charge in [0.2, 0.25) is 27.9 Å². The zero-order chi connectivity index (χ0) is 32.9. The molecule has 248 valence electrons. The monoisotopic (exact) mass is 648 g/mol. The van der Waals surface area contributed by atoms with Crippen LogP contribution in [0.3, 0.4) is 0 Å². The van der Waals surface area contributed by atoms with Crippen molar-refractivity contribution in [3.8, 4) is 5.75 Å². The second-order valence-corrected chi connectivity index (χ2v) is 13.6. The van der Waals surface area contributed by atoms with Crippen LogP contribution in [0.25, 0.3) is 10.8 Å². The molecule has 1 heterocycles. The highest BCUT2D eigenvalue weighted by Gasteiger charge is 2.18. The zero-order valence-corrected chi connectivity index (χ0v) is 28.5. The average molecular weight is 649 g/mol. The third-order valence-corrected chi connectivity index (χ3v) is 9.05. The molecule has 1 aromatic heterocycles. The van der Waals surface area contributed by atoms with Crippen LogP contribution in [0, 0.1) is 5.92 Å². The van der Waals surface area contributed by atoms with E-state index in [1.54, 1.807) is 19.2 Å². The van der Waals surface area contributed by atoms with Gasteiger partial charge in [0, 0.05) is 56.7 Å². The van der Waals surface area contributed by atoms with Gasteiger partial charge in [0.1, 0.15) is 5.75 Å². The van der Waals surface area contributed by atoms with Crippen molar-refractivity contribution in [2.45, 2.75) is 57.4 Å². The smallest absolute Gasteiger partial charge is 0.241 e. The van der Waals surface area contributed by atoms with Crippen LogP contribution in [0.15, 0.2) is 65.6 Å². The van der Waals surface area contributed by atoms with E-state index in [1.165, 1.54) is 0 Å². The van der Waals surface area contributed by atoms with E-state index in [4.69, 9.17) is 4.74 Å². The van der Waals surface area contributed by atoms with E-state index in [-0.39, 0.29) is 0 Å². The molecule has 0 aliphatic carbocycles. The maximum atomic E-state index is 13.2. The van der Waals surface area contributed by atoms with Crippen molar-refractivity contribution in [3.05, 3.63) is 66.2 Å². The number of aromatic nitrogens is 3. The van der Waals surface area contributed by atoms with E-state index >= 15 is 0 Å².